The molecule has 4 nitrogen and oxygen atoms in total. The normalized spacial score (nSPS) is 26.3. The van der Waals surface area contributed by atoms with Gasteiger partial charge in [0.05, 0.1) is 5.92 Å². The predicted octanol–water partition coefficient (Wildman–Crippen LogP) is 2.00. The lowest BCUT2D eigenvalue weighted by atomic mass is 9.95. The third kappa shape index (κ3) is 1.60. The van der Waals surface area contributed by atoms with Gasteiger partial charge in [0.25, 0.3) is 0 Å². The van der Waals surface area contributed by atoms with Gasteiger partial charge in [-0.2, -0.15) is 0 Å². The highest BCUT2D eigenvalue weighted by Gasteiger charge is 2.39. The summed E-state index contributed by atoms with van der Waals surface area (Å²) in [6.07, 6.45) is 1.76. The summed E-state index contributed by atoms with van der Waals surface area (Å²) in [6.45, 7) is 1.55. The zero-order valence-electron chi connectivity index (χ0n) is 10.6. The molecule has 2 aliphatic heterocycles. The lowest BCUT2D eigenvalue weighted by Gasteiger charge is -2.29. The molecule has 4 heteroatoms. The second-order valence-electron chi connectivity index (χ2n) is 5.69. The molecule has 1 aromatic heterocycles. The number of carboxylic acid groups (broad SMARTS) is 1. The molecule has 1 aromatic carbocycles. The van der Waals surface area contributed by atoms with Crippen molar-refractivity contribution in [3.05, 3.63) is 35.5 Å². The standard InChI is InChI=1S/C15H16N2O2/c18-15(19)9-5-10-6-12-11-3-1-2-4-13(11)16-14(12)8-17(10)7-9/h1-4,9-10,16H,5-8H2,(H,18,19)/t9-,10-/m0/s1. The van der Waals surface area contributed by atoms with Crippen LogP contribution >= 0.6 is 0 Å². The Morgan fingerprint density at radius 1 is 1.37 bits per heavy atom. The van der Waals surface area contributed by atoms with Crippen molar-refractivity contribution in [2.24, 2.45) is 5.92 Å². The molecule has 0 saturated carbocycles. The van der Waals surface area contributed by atoms with Gasteiger partial charge < -0.3 is 10.1 Å². The van der Waals surface area contributed by atoms with E-state index in [1.807, 2.05) is 6.07 Å². The summed E-state index contributed by atoms with van der Waals surface area (Å²) >= 11 is 0. The van der Waals surface area contributed by atoms with Gasteiger partial charge in [-0.25, -0.2) is 0 Å². The van der Waals surface area contributed by atoms with Gasteiger partial charge in [0.1, 0.15) is 0 Å². The van der Waals surface area contributed by atoms with Crippen molar-refractivity contribution < 1.29 is 9.90 Å². The fourth-order valence-corrected chi connectivity index (χ4v) is 3.63. The van der Waals surface area contributed by atoms with E-state index in [1.54, 1.807) is 0 Å². The van der Waals surface area contributed by atoms with Crippen LogP contribution in [-0.2, 0) is 17.8 Å². The van der Waals surface area contributed by atoms with E-state index in [0.717, 1.165) is 19.4 Å². The number of rotatable bonds is 1. The highest BCUT2D eigenvalue weighted by atomic mass is 16.4. The first-order valence-electron chi connectivity index (χ1n) is 6.77. The molecular formula is C15H16N2O2. The van der Waals surface area contributed by atoms with E-state index in [9.17, 15) is 4.79 Å². The summed E-state index contributed by atoms with van der Waals surface area (Å²) in [5.74, 6) is -0.844. The van der Waals surface area contributed by atoms with Crippen molar-refractivity contribution in [3.8, 4) is 0 Å². The SMILES string of the molecule is O=C(O)[C@H]1C[C@H]2Cc3c([nH]c4ccccc34)CN2C1. The van der Waals surface area contributed by atoms with Crippen LogP contribution in [0.1, 0.15) is 17.7 Å². The quantitative estimate of drug-likeness (QED) is 0.820. The largest absolute Gasteiger partial charge is 0.481 e. The lowest BCUT2D eigenvalue weighted by molar-refractivity contribution is -0.141. The van der Waals surface area contributed by atoms with Gasteiger partial charge in [-0.3, -0.25) is 9.69 Å². The number of nitrogens with one attached hydrogen (secondary N) is 1. The molecule has 0 aliphatic carbocycles. The van der Waals surface area contributed by atoms with Crippen molar-refractivity contribution in [1.29, 1.82) is 0 Å². The van der Waals surface area contributed by atoms with Crippen molar-refractivity contribution >= 4 is 16.9 Å². The Hall–Kier alpha value is -1.81. The minimum absolute atomic E-state index is 0.194. The molecule has 0 bridgehead atoms. The second kappa shape index (κ2) is 3.84. The smallest absolute Gasteiger partial charge is 0.307 e. The lowest BCUT2D eigenvalue weighted by Crippen LogP contribution is -2.35. The molecule has 3 heterocycles. The molecule has 1 saturated heterocycles. The molecule has 0 amide bonds. The molecule has 2 atom stereocenters. The van der Waals surface area contributed by atoms with Gasteiger partial charge in [0.2, 0.25) is 0 Å². The van der Waals surface area contributed by atoms with Crippen molar-refractivity contribution in [2.45, 2.75) is 25.4 Å². The average molecular weight is 256 g/mol. The summed E-state index contributed by atoms with van der Waals surface area (Å²) in [5, 5.41) is 10.5. The third-order valence-corrected chi connectivity index (χ3v) is 4.58. The van der Waals surface area contributed by atoms with Gasteiger partial charge in [0, 0.05) is 35.7 Å². The molecule has 19 heavy (non-hydrogen) atoms. The number of para-hydroxylation sites is 1. The first-order chi connectivity index (χ1) is 9.22. The van der Waals surface area contributed by atoms with Gasteiger partial charge >= 0.3 is 5.97 Å². The Morgan fingerprint density at radius 3 is 3.05 bits per heavy atom. The molecule has 0 spiro atoms. The van der Waals surface area contributed by atoms with E-state index in [0.29, 0.717) is 12.6 Å². The maximum Gasteiger partial charge on any atom is 0.307 e. The summed E-state index contributed by atoms with van der Waals surface area (Å²) < 4.78 is 0. The molecule has 0 unspecified atom stereocenters. The van der Waals surface area contributed by atoms with Crippen LogP contribution in [0.4, 0.5) is 0 Å². The molecule has 1 fully saturated rings. The summed E-state index contributed by atoms with van der Waals surface area (Å²) in [6, 6.07) is 8.78. The van der Waals surface area contributed by atoms with Crippen molar-refractivity contribution in [3.63, 3.8) is 0 Å². The Balaban J connectivity index is 1.71. The topological polar surface area (TPSA) is 56.3 Å². The monoisotopic (exact) mass is 256 g/mol. The Kier molecular flexibility index (Phi) is 2.23. The molecular weight excluding hydrogens is 240 g/mol. The van der Waals surface area contributed by atoms with Crippen LogP contribution in [0.5, 0.6) is 0 Å². The molecule has 0 radical (unpaired) electrons. The Bertz CT molecular complexity index is 661. The number of H-pyrrole nitrogens is 1. The van der Waals surface area contributed by atoms with E-state index in [-0.39, 0.29) is 5.92 Å². The van der Waals surface area contributed by atoms with Gasteiger partial charge in [0.15, 0.2) is 0 Å². The van der Waals surface area contributed by atoms with Crippen LogP contribution in [0.2, 0.25) is 0 Å². The molecule has 2 aromatic rings. The second-order valence-corrected chi connectivity index (χ2v) is 5.69. The number of nitrogens with zero attached hydrogens (tertiary/aromatic N) is 1. The van der Waals surface area contributed by atoms with E-state index in [2.05, 4.69) is 28.1 Å². The summed E-state index contributed by atoms with van der Waals surface area (Å²) in [5.41, 5.74) is 3.86. The fraction of sp³-hybridized carbons (Fsp3) is 0.400. The van der Waals surface area contributed by atoms with E-state index < -0.39 is 5.97 Å². The Labute approximate surface area is 111 Å². The fourth-order valence-electron chi connectivity index (χ4n) is 3.63. The molecule has 98 valence electrons. The molecule has 2 N–H and O–H groups in total. The van der Waals surface area contributed by atoms with E-state index in [1.165, 1.54) is 22.2 Å². The van der Waals surface area contributed by atoms with Gasteiger partial charge in [-0.15, -0.1) is 0 Å². The van der Waals surface area contributed by atoms with Gasteiger partial charge in [-0.05, 0) is 24.5 Å². The zero-order chi connectivity index (χ0) is 13.0. The molecule has 4 rings (SSSR count). The highest BCUT2D eigenvalue weighted by molar-refractivity contribution is 5.85. The van der Waals surface area contributed by atoms with Crippen LogP contribution in [0.15, 0.2) is 24.3 Å². The number of aliphatic carboxylic acids is 1. The number of benzene rings is 1. The van der Waals surface area contributed by atoms with Crippen molar-refractivity contribution in [1.82, 2.24) is 9.88 Å². The third-order valence-electron chi connectivity index (χ3n) is 4.58. The minimum atomic E-state index is -0.650. The number of aromatic amines is 1. The van der Waals surface area contributed by atoms with E-state index >= 15 is 0 Å². The molecule has 2 aliphatic rings. The first-order valence-corrected chi connectivity index (χ1v) is 6.77. The number of hydrogen-bond acceptors (Lipinski definition) is 2. The summed E-state index contributed by atoms with van der Waals surface area (Å²) in [7, 11) is 0. The number of carbonyl (C=O) groups is 1. The maximum atomic E-state index is 11.1. The zero-order valence-corrected chi connectivity index (χ0v) is 10.6. The van der Waals surface area contributed by atoms with Crippen molar-refractivity contribution in [2.75, 3.05) is 6.54 Å². The number of aromatic nitrogens is 1. The van der Waals surface area contributed by atoms with E-state index in [4.69, 9.17) is 5.11 Å². The highest BCUT2D eigenvalue weighted by Crippen LogP contribution is 2.36. The minimum Gasteiger partial charge on any atom is -0.481 e. The average Bonchev–Trinajstić information content (AvgIpc) is 2.96. The maximum absolute atomic E-state index is 11.1. The Morgan fingerprint density at radius 2 is 2.21 bits per heavy atom. The van der Waals surface area contributed by atoms with Crippen LogP contribution < -0.4 is 0 Å². The van der Waals surface area contributed by atoms with Gasteiger partial charge in [-0.1, -0.05) is 18.2 Å². The van der Waals surface area contributed by atoms with Crippen LogP contribution in [0.3, 0.4) is 0 Å². The van der Waals surface area contributed by atoms with Crippen LogP contribution in [-0.4, -0.2) is 33.5 Å². The first kappa shape index (κ1) is 11.1. The predicted molar refractivity (Wildman–Crippen MR) is 71.9 cm³/mol. The number of fused-ring (bicyclic) bond motifs is 4. The van der Waals surface area contributed by atoms with Crippen LogP contribution in [0, 0.1) is 5.92 Å². The van der Waals surface area contributed by atoms with Crippen LogP contribution in [0.25, 0.3) is 10.9 Å². The summed E-state index contributed by atoms with van der Waals surface area (Å²) in [4.78, 5) is 16.9. The number of hydrogen-bond donors (Lipinski definition) is 2. The number of carboxylic acids is 1.